The van der Waals surface area contributed by atoms with Gasteiger partial charge in [-0.25, -0.2) is 4.79 Å². The molecule has 0 atom stereocenters. The molecule has 0 saturated heterocycles. The van der Waals surface area contributed by atoms with E-state index in [4.69, 9.17) is 9.47 Å². The van der Waals surface area contributed by atoms with E-state index in [-0.39, 0.29) is 18.3 Å². The highest BCUT2D eigenvalue weighted by atomic mass is 16.5. The van der Waals surface area contributed by atoms with E-state index in [0.717, 1.165) is 31.2 Å². The van der Waals surface area contributed by atoms with Crippen LogP contribution in [0.3, 0.4) is 0 Å². The number of allylic oxidation sites excluding steroid dienone is 7. The van der Waals surface area contributed by atoms with Gasteiger partial charge in [0.1, 0.15) is 6.61 Å². The minimum absolute atomic E-state index is 0.0905. The Labute approximate surface area is 187 Å². The van der Waals surface area contributed by atoms with Crippen LogP contribution in [0.2, 0.25) is 0 Å². The van der Waals surface area contributed by atoms with Crippen molar-refractivity contribution in [3.8, 4) is 11.5 Å². The van der Waals surface area contributed by atoms with Crippen molar-refractivity contribution in [2.24, 2.45) is 0 Å². The van der Waals surface area contributed by atoms with Crippen LogP contribution in [0, 0.1) is 0 Å². The van der Waals surface area contributed by atoms with Crippen LogP contribution in [0.4, 0.5) is 0 Å². The molecule has 0 saturated carbocycles. The van der Waals surface area contributed by atoms with Crippen molar-refractivity contribution in [3.63, 3.8) is 0 Å². The molecule has 0 radical (unpaired) electrons. The summed E-state index contributed by atoms with van der Waals surface area (Å²) >= 11 is 0. The molecule has 0 unspecified atom stereocenters. The second-order valence-electron chi connectivity index (χ2n) is 7.74. The smallest absolute Gasteiger partial charge is 0.331 e. The zero-order chi connectivity index (χ0) is 23.1. The second-order valence-corrected chi connectivity index (χ2v) is 7.74. The molecular formula is C27H36O4. The van der Waals surface area contributed by atoms with E-state index in [2.05, 4.69) is 39.8 Å². The highest BCUT2D eigenvalue weighted by Gasteiger charge is 2.00. The number of esters is 1. The molecule has 0 aromatic heterocycles. The van der Waals surface area contributed by atoms with Gasteiger partial charge in [-0.3, -0.25) is 0 Å². The van der Waals surface area contributed by atoms with Gasteiger partial charge in [0.05, 0.1) is 7.11 Å². The van der Waals surface area contributed by atoms with Gasteiger partial charge >= 0.3 is 5.97 Å². The molecular weight excluding hydrogens is 388 g/mol. The van der Waals surface area contributed by atoms with Gasteiger partial charge in [-0.1, -0.05) is 53.2 Å². The quantitative estimate of drug-likeness (QED) is 0.171. The van der Waals surface area contributed by atoms with Crippen LogP contribution in [0.1, 0.15) is 58.9 Å². The summed E-state index contributed by atoms with van der Waals surface area (Å²) in [6.07, 6.45) is 17.2. The molecule has 31 heavy (non-hydrogen) atoms. The largest absolute Gasteiger partial charge is 0.504 e. The van der Waals surface area contributed by atoms with Crippen molar-refractivity contribution in [1.29, 1.82) is 0 Å². The summed E-state index contributed by atoms with van der Waals surface area (Å²) < 4.78 is 10.3. The standard InChI is InChI=1S/C27H36O4/c1-21(2)10-8-11-22(3)12-9-13-23(4)18-19-31-27(29)15-7-6-14-24-16-17-25(28)26(20-24)30-5/h6-7,10,12,14-18,20,28H,8-9,11,13,19H2,1-5H3. The Bertz CT molecular complexity index is 850. The highest BCUT2D eigenvalue weighted by Crippen LogP contribution is 2.26. The van der Waals surface area contributed by atoms with Crippen molar-refractivity contribution in [3.05, 3.63) is 76.9 Å². The molecule has 0 aliphatic carbocycles. The van der Waals surface area contributed by atoms with E-state index in [0.29, 0.717) is 5.75 Å². The van der Waals surface area contributed by atoms with E-state index >= 15 is 0 Å². The number of carbonyl (C=O) groups excluding carboxylic acids is 1. The predicted octanol–water partition coefficient (Wildman–Crippen LogP) is 6.93. The van der Waals surface area contributed by atoms with Crippen LogP contribution in [0.25, 0.3) is 6.08 Å². The fraction of sp³-hybridized carbons (Fsp3) is 0.370. The van der Waals surface area contributed by atoms with Crippen LogP contribution >= 0.6 is 0 Å². The van der Waals surface area contributed by atoms with Gasteiger partial charge in [0.25, 0.3) is 0 Å². The molecule has 4 nitrogen and oxygen atoms in total. The molecule has 0 aliphatic rings. The van der Waals surface area contributed by atoms with Gasteiger partial charge in [-0.15, -0.1) is 0 Å². The first kappa shape index (κ1) is 26.0. The zero-order valence-electron chi connectivity index (χ0n) is 19.5. The number of ether oxygens (including phenoxy) is 2. The predicted molar refractivity (Wildman–Crippen MR) is 129 cm³/mol. The fourth-order valence-corrected chi connectivity index (χ4v) is 2.75. The van der Waals surface area contributed by atoms with Crippen molar-refractivity contribution >= 4 is 12.0 Å². The molecule has 1 aromatic carbocycles. The number of phenols is 1. The maximum atomic E-state index is 11.8. The van der Waals surface area contributed by atoms with Crippen LogP contribution in [0.15, 0.2) is 71.4 Å². The van der Waals surface area contributed by atoms with Gasteiger partial charge in [0.2, 0.25) is 0 Å². The van der Waals surface area contributed by atoms with Gasteiger partial charge < -0.3 is 14.6 Å². The van der Waals surface area contributed by atoms with Gasteiger partial charge in [-0.2, -0.15) is 0 Å². The van der Waals surface area contributed by atoms with E-state index in [9.17, 15) is 9.90 Å². The van der Waals surface area contributed by atoms with Crippen molar-refractivity contribution in [2.75, 3.05) is 13.7 Å². The SMILES string of the molecule is COc1cc(C=CC=CC(=O)OCC=C(C)CCC=C(C)CCC=C(C)C)ccc1O. The molecule has 4 heteroatoms. The summed E-state index contributed by atoms with van der Waals surface area (Å²) in [4.78, 5) is 11.8. The average molecular weight is 425 g/mol. The summed E-state index contributed by atoms with van der Waals surface area (Å²) in [6, 6.07) is 5.03. The first-order chi connectivity index (χ1) is 14.8. The number of hydrogen-bond acceptors (Lipinski definition) is 4. The zero-order valence-corrected chi connectivity index (χ0v) is 19.5. The summed E-state index contributed by atoms with van der Waals surface area (Å²) in [5, 5.41) is 9.59. The number of hydrogen-bond donors (Lipinski definition) is 1. The molecule has 0 aliphatic heterocycles. The molecule has 0 amide bonds. The Balaban J connectivity index is 2.33. The van der Waals surface area contributed by atoms with Crippen LogP contribution in [0.5, 0.6) is 11.5 Å². The van der Waals surface area contributed by atoms with Crippen molar-refractivity contribution < 1.29 is 19.4 Å². The number of carbonyl (C=O) groups is 1. The summed E-state index contributed by atoms with van der Waals surface area (Å²) in [7, 11) is 1.50. The van der Waals surface area contributed by atoms with E-state index in [1.165, 1.54) is 29.9 Å². The lowest BCUT2D eigenvalue weighted by Crippen LogP contribution is -2.00. The lowest BCUT2D eigenvalue weighted by atomic mass is 10.1. The van der Waals surface area contributed by atoms with E-state index in [1.54, 1.807) is 30.4 Å². The monoisotopic (exact) mass is 424 g/mol. The third kappa shape index (κ3) is 12.3. The first-order valence-corrected chi connectivity index (χ1v) is 10.6. The Morgan fingerprint density at radius 3 is 2.32 bits per heavy atom. The molecule has 1 rings (SSSR count). The summed E-state index contributed by atoms with van der Waals surface area (Å²) in [5.74, 6) is 0.113. The number of phenolic OH excluding ortho intramolecular Hbond substituents is 1. The van der Waals surface area contributed by atoms with E-state index < -0.39 is 0 Å². The first-order valence-electron chi connectivity index (χ1n) is 10.6. The molecule has 168 valence electrons. The Kier molecular flexibility index (Phi) is 12.5. The van der Waals surface area contributed by atoms with Crippen LogP contribution in [-0.4, -0.2) is 24.8 Å². The Hall–Kier alpha value is -3.01. The molecule has 0 bridgehead atoms. The van der Waals surface area contributed by atoms with Crippen molar-refractivity contribution in [2.45, 2.75) is 53.4 Å². The molecule has 0 fully saturated rings. The molecule has 0 heterocycles. The van der Waals surface area contributed by atoms with Crippen LogP contribution < -0.4 is 4.74 Å². The number of methoxy groups -OCH3 is 1. The molecule has 0 spiro atoms. The highest BCUT2D eigenvalue weighted by molar-refractivity contribution is 5.82. The Morgan fingerprint density at radius 1 is 0.968 bits per heavy atom. The normalized spacial score (nSPS) is 12.4. The third-order valence-electron chi connectivity index (χ3n) is 4.62. The minimum Gasteiger partial charge on any atom is -0.504 e. The number of aromatic hydroxyl groups is 1. The Morgan fingerprint density at radius 2 is 1.65 bits per heavy atom. The van der Waals surface area contributed by atoms with Crippen molar-refractivity contribution in [1.82, 2.24) is 0 Å². The van der Waals surface area contributed by atoms with Gasteiger partial charge in [0, 0.05) is 6.08 Å². The fourth-order valence-electron chi connectivity index (χ4n) is 2.75. The third-order valence-corrected chi connectivity index (χ3v) is 4.62. The molecule has 1 N–H and O–H groups in total. The van der Waals surface area contributed by atoms with E-state index in [1.807, 2.05) is 12.2 Å². The average Bonchev–Trinajstić information content (AvgIpc) is 2.72. The number of benzene rings is 1. The maximum absolute atomic E-state index is 11.8. The second kappa shape index (κ2) is 14.9. The summed E-state index contributed by atoms with van der Waals surface area (Å²) in [6.45, 7) is 8.77. The number of rotatable bonds is 12. The molecule has 1 aromatic rings. The lowest BCUT2D eigenvalue weighted by molar-refractivity contribution is -0.136. The topological polar surface area (TPSA) is 55.8 Å². The lowest BCUT2D eigenvalue weighted by Gasteiger charge is -2.03. The van der Waals surface area contributed by atoms with Gasteiger partial charge in [0.15, 0.2) is 11.5 Å². The maximum Gasteiger partial charge on any atom is 0.331 e. The minimum atomic E-state index is -0.382. The van der Waals surface area contributed by atoms with Gasteiger partial charge in [-0.05, 0) is 77.2 Å². The van der Waals surface area contributed by atoms with Crippen LogP contribution in [-0.2, 0) is 9.53 Å². The summed E-state index contributed by atoms with van der Waals surface area (Å²) in [5.41, 5.74) is 4.85.